The number of benzene rings is 1. The van der Waals surface area contributed by atoms with E-state index in [0.717, 1.165) is 5.56 Å². The highest BCUT2D eigenvalue weighted by molar-refractivity contribution is 7.80. The van der Waals surface area contributed by atoms with Gasteiger partial charge in [-0.05, 0) is 17.7 Å². The van der Waals surface area contributed by atoms with E-state index in [1.807, 2.05) is 12.2 Å². The van der Waals surface area contributed by atoms with Crippen molar-refractivity contribution in [2.45, 2.75) is 0 Å². The first-order chi connectivity index (χ1) is 7.19. The van der Waals surface area contributed by atoms with E-state index in [1.54, 1.807) is 25.3 Å². The molecule has 0 aliphatic rings. The summed E-state index contributed by atoms with van der Waals surface area (Å²) in [5, 5.41) is 0. The van der Waals surface area contributed by atoms with Crippen molar-refractivity contribution in [3.63, 3.8) is 0 Å². The normalized spacial score (nSPS) is 10.5. The van der Waals surface area contributed by atoms with E-state index in [-0.39, 0.29) is 0 Å². The molecular formula is C11H13NO2S. The van der Waals surface area contributed by atoms with Crippen LogP contribution in [0.25, 0.3) is 6.08 Å². The van der Waals surface area contributed by atoms with Crippen molar-refractivity contribution in [1.82, 2.24) is 0 Å². The Hall–Kier alpha value is -1.42. The molecule has 0 aromatic heterocycles. The van der Waals surface area contributed by atoms with Crippen LogP contribution in [0.3, 0.4) is 0 Å². The number of hydrogen-bond donors (Lipinski definition) is 2. The van der Waals surface area contributed by atoms with Crippen LogP contribution in [0.1, 0.15) is 15.9 Å². The molecule has 1 amide bonds. The third-order valence-electron chi connectivity index (χ3n) is 1.93. The van der Waals surface area contributed by atoms with E-state index in [4.69, 9.17) is 10.5 Å². The van der Waals surface area contributed by atoms with Gasteiger partial charge in [-0.3, -0.25) is 4.79 Å². The summed E-state index contributed by atoms with van der Waals surface area (Å²) in [6.07, 6.45) is 3.66. The van der Waals surface area contributed by atoms with Gasteiger partial charge in [0.1, 0.15) is 5.75 Å². The Morgan fingerprint density at radius 1 is 1.60 bits per heavy atom. The van der Waals surface area contributed by atoms with Crippen LogP contribution in [-0.2, 0) is 0 Å². The molecule has 2 N–H and O–H groups in total. The molecule has 1 aromatic carbocycles. The lowest BCUT2D eigenvalue weighted by atomic mass is 10.1. The van der Waals surface area contributed by atoms with E-state index in [9.17, 15) is 4.79 Å². The second-order valence-electron chi connectivity index (χ2n) is 2.90. The van der Waals surface area contributed by atoms with Gasteiger partial charge in [0, 0.05) is 11.3 Å². The Bertz CT molecular complexity index is 388. The highest BCUT2D eigenvalue weighted by Crippen LogP contribution is 2.18. The molecule has 0 spiro atoms. The summed E-state index contributed by atoms with van der Waals surface area (Å²) in [6.45, 7) is 0. The Balaban J connectivity index is 3.15. The standard InChI is InChI=1S/C11H13NO2S/c1-14-9-5-4-8(3-2-6-15)10(7-9)11(12)13/h2-5,7,15H,6H2,1H3,(H2,12,13). The van der Waals surface area contributed by atoms with E-state index >= 15 is 0 Å². The SMILES string of the molecule is COc1ccc(C=CCS)c(C(N)=O)c1. The van der Waals surface area contributed by atoms with Crippen LogP contribution in [-0.4, -0.2) is 18.8 Å². The number of methoxy groups -OCH3 is 1. The second-order valence-corrected chi connectivity index (χ2v) is 3.27. The molecule has 15 heavy (non-hydrogen) atoms. The first-order valence-electron chi connectivity index (χ1n) is 4.44. The van der Waals surface area contributed by atoms with Crippen molar-refractivity contribution in [3.05, 3.63) is 35.4 Å². The van der Waals surface area contributed by atoms with Gasteiger partial charge in [-0.25, -0.2) is 0 Å². The minimum Gasteiger partial charge on any atom is -0.497 e. The molecule has 4 heteroatoms. The quantitative estimate of drug-likeness (QED) is 0.764. The van der Waals surface area contributed by atoms with E-state index in [1.165, 1.54) is 0 Å². The van der Waals surface area contributed by atoms with Crippen molar-refractivity contribution in [2.75, 3.05) is 12.9 Å². The Morgan fingerprint density at radius 3 is 2.87 bits per heavy atom. The Labute approximate surface area is 94.3 Å². The van der Waals surface area contributed by atoms with Crippen molar-refractivity contribution >= 4 is 24.6 Å². The lowest BCUT2D eigenvalue weighted by Crippen LogP contribution is -2.12. The predicted molar refractivity (Wildman–Crippen MR) is 64.4 cm³/mol. The van der Waals surface area contributed by atoms with E-state index in [2.05, 4.69) is 12.6 Å². The van der Waals surface area contributed by atoms with Crippen molar-refractivity contribution < 1.29 is 9.53 Å². The average Bonchev–Trinajstić information content (AvgIpc) is 2.26. The largest absolute Gasteiger partial charge is 0.497 e. The number of nitrogens with two attached hydrogens (primary N) is 1. The fraction of sp³-hybridized carbons (Fsp3) is 0.182. The zero-order chi connectivity index (χ0) is 11.3. The maximum atomic E-state index is 11.2. The number of carbonyl (C=O) groups is 1. The molecule has 0 heterocycles. The first kappa shape index (κ1) is 11.7. The summed E-state index contributed by atoms with van der Waals surface area (Å²) in [5.41, 5.74) is 6.49. The van der Waals surface area contributed by atoms with Gasteiger partial charge in [-0.1, -0.05) is 18.2 Å². The molecule has 0 aliphatic heterocycles. The molecular weight excluding hydrogens is 210 g/mol. The molecule has 1 rings (SSSR count). The minimum atomic E-state index is -0.465. The van der Waals surface area contributed by atoms with Gasteiger partial charge in [0.25, 0.3) is 0 Å². The van der Waals surface area contributed by atoms with Crippen molar-refractivity contribution in [3.8, 4) is 5.75 Å². The van der Waals surface area contributed by atoms with E-state index in [0.29, 0.717) is 17.1 Å². The molecule has 0 atom stereocenters. The second kappa shape index (κ2) is 5.46. The molecule has 0 saturated heterocycles. The summed E-state index contributed by atoms with van der Waals surface area (Å²) in [4.78, 5) is 11.2. The monoisotopic (exact) mass is 223 g/mol. The van der Waals surface area contributed by atoms with Gasteiger partial charge in [0.2, 0.25) is 5.91 Å². The summed E-state index contributed by atoms with van der Waals surface area (Å²) < 4.78 is 5.02. The van der Waals surface area contributed by atoms with Gasteiger partial charge in [0.15, 0.2) is 0 Å². The first-order valence-corrected chi connectivity index (χ1v) is 5.07. The fourth-order valence-electron chi connectivity index (χ4n) is 1.20. The van der Waals surface area contributed by atoms with Crippen LogP contribution < -0.4 is 10.5 Å². The zero-order valence-electron chi connectivity index (χ0n) is 8.43. The fourth-order valence-corrected chi connectivity index (χ4v) is 1.31. The number of thiol groups is 1. The van der Waals surface area contributed by atoms with Gasteiger partial charge < -0.3 is 10.5 Å². The van der Waals surface area contributed by atoms with Gasteiger partial charge in [-0.2, -0.15) is 12.6 Å². The Morgan fingerprint density at radius 2 is 2.33 bits per heavy atom. The maximum absolute atomic E-state index is 11.2. The van der Waals surface area contributed by atoms with Gasteiger partial charge in [-0.15, -0.1) is 0 Å². The molecule has 3 nitrogen and oxygen atoms in total. The lowest BCUT2D eigenvalue weighted by molar-refractivity contribution is 0.1000. The van der Waals surface area contributed by atoms with Crippen molar-refractivity contribution in [1.29, 1.82) is 0 Å². The molecule has 0 saturated carbocycles. The highest BCUT2D eigenvalue weighted by atomic mass is 32.1. The lowest BCUT2D eigenvalue weighted by Gasteiger charge is -2.05. The van der Waals surface area contributed by atoms with Crippen LogP contribution in [0.5, 0.6) is 5.75 Å². The van der Waals surface area contributed by atoms with Crippen LogP contribution in [0.4, 0.5) is 0 Å². The topological polar surface area (TPSA) is 52.3 Å². The summed E-state index contributed by atoms with van der Waals surface area (Å²) >= 11 is 4.05. The molecule has 0 fully saturated rings. The molecule has 0 radical (unpaired) electrons. The zero-order valence-corrected chi connectivity index (χ0v) is 9.33. The molecule has 0 bridgehead atoms. The third kappa shape index (κ3) is 3.02. The predicted octanol–water partition coefficient (Wildman–Crippen LogP) is 1.74. The average molecular weight is 223 g/mol. The van der Waals surface area contributed by atoms with Gasteiger partial charge >= 0.3 is 0 Å². The number of primary amides is 1. The minimum absolute atomic E-state index is 0.451. The number of rotatable bonds is 4. The summed E-state index contributed by atoms with van der Waals surface area (Å²) in [5.74, 6) is 0.768. The van der Waals surface area contributed by atoms with Crippen molar-refractivity contribution in [2.24, 2.45) is 5.73 Å². The molecule has 80 valence electrons. The summed E-state index contributed by atoms with van der Waals surface area (Å²) in [7, 11) is 1.54. The Kier molecular flexibility index (Phi) is 4.24. The van der Waals surface area contributed by atoms with Crippen LogP contribution in [0.2, 0.25) is 0 Å². The molecule has 0 unspecified atom stereocenters. The van der Waals surface area contributed by atoms with E-state index < -0.39 is 5.91 Å². The smallest absolute Gasteiger partial charge is 0.249 e. The third-order valence-corrected chi connectivity index (χ3v) is 2.14. The number of ether oxygens (including phenoxy) is 1. The number of hydrogen-bond acceptors (Lipinski definition) is 3. The highest BCUT2D eigenvalue weighted by Gasteiger charge is 2.07. The molecule has 0 aliphatic carbocycles. The number of amides is 1. The van der Waals surface area contributed by atoms with Crippen LogP contribution in [0.15, 0.2) is 24.3 Å². The van der Waals surface area contributed by atoms with Crippen LogP contribution >= 0.6 is 12.6 Å². The molecule has 1 aromatic rings. The summed E-state index contributed by atoms with van der Waals surface area (Å²) in [6, 6.07) is 5.20. The van der Waals surface area contributed by atoms with Gasteiger partial charge in [0.05, 0.1) is 7.11 Å². The maximum Gasteiger partial charge on any atom is 0.249 e. The number of carbonyl (C=O) groups excluding carboxylic acids is 1. The van der Waals surface area contributed by atoms with Crippen LogP contribution in [0, 0.1) is 0 Å².